The van der Waals surface area contributed by atoms with E-state index in [4.69, 9.17) is 16.9 Å². The van der Waals surface area contributed by atoms with Crippen molar-refractivity contribution < 1.29 is 13.6 Å². The van der Waals surface area contributed by atoms with E-state index in [0.717, 1.165) is 56.0 Å². The molecule has 0 radical (unpaired) electrons. The second-order valence-corrected chi connectivity index (χ2v) is 8.43. The normalized spacial score (nSPS) is 14.6. The average molecular weight is 463 g/mol. The van der Waals surface area contributed by atoms with Gasteiger partial charge >= 0.3 is 0 Å². The first-order chi connectivity index (χ1) is 15.2. The first-order valence-electron chi connectivity index (χ1n) is 11.1. The molecule has 3 nitrogen and oxygen atoms in total. The summed E-state index contributed by atoms with van der Waals surface area (Å²) >= 11 is 5.71. The maximum absolute atomic E-state index is 12.6. The van der Waals surface area contributed by atoms with Gasteiger partial charge in [-0.05, 0) is 73.6 Å². The Kier molecular flexibility index (Phi) is 12.6. The highest BCUT2D eigenvalue weighted by Gasteiger charge is 2.22. The minimum atomic E-state index is -0.377. The molecule has 174 valence electrons. The van der Waals surface area contributed by atoms with Crippen LogP contribution < -0.4 is 0 Å². The monoisotopic (exact) mass is 462 g/mol. The lowest BCUT2D eigenvalue weighted by Crippen LogP contribution is -2.27. The summed E-state index contributed by atoms with van der Waals surface area (Å²) in [5.41, 5.74) is 2.04. The number of carbonyl (C=O) groups is 1. The lowest BCUT2D eigenvalue weighted by molar-refractivity contribution is -0.130. The van der Waals surface area contributed by atoms with Gasteiger partial charge in [0.15, 0.2) is 0 Å². The van der Waals surface area contributed by atoms with Crippen molar-refractivity contribution in [2.45, 2.75) is 59.8 Å². The van der Waals surface area contributed by atoms with Gasteiger partial charge < -0.3 is 4.90 Å². The molecule has 1 saturated heterocycles. The molecule has 1 aliphatic rings. The molecule has 0 bridgehead atoms. The molecule has 1 heterocycles. The minimum Gasteiger partial charge on any atom is -0.342 e. The lowest BCUT2D eigenvalue weighted by Gasteiger charge is -2.15. The number of aryl methyl sites for hydroxylation is 2. The van der Waals surface area contributed by atoms with E-state index in [1.807, 2.05) is 24.0 Å². The average Bonchev–Trinajstić information content (AvgIpc) is 3.21. The highest BCUT2D eigenvalue weighted by atomic mass is 35.5. The summed E-state index contributed by atoms with van der Waals surface area (Å²) < 4.78 is 25.0. The Hall–Kier alpha value is -2.45. The third kappa shape index (κ3) is 9.78. The Labute approximate surface area is 196 Å². The molecule has 6 heteroatoms. The molecule has 0 aliphatic carbocycles. The van der Waals surface area contributed by atoms with Crippen LogP contribution >= 0.6 is 11.6 Å². The van der Waals surface area contributed by atoms with E-state index in [0.29, 0.717) is 28.5 Å². The topological polar surface area (TPSA) is 44.1 Å². The second-order valence-electron chi connectivity index (χ2n) is 8.02. The number of halogens is 3. The predicted molar refractivity (Wildman–Crippen MR) is 127 cm³/mol. The Morgan fingerprint density at radius 3 is 2.44 bits per heavy atom. The molecular weight excluding hydrogens is 430 g/mol. The van der Waals surface area contributed by atoms with Crippen LogP contribution in [0.5, 0.6) is 0 Å². The van der Waals surface area contributed by atoms with Gasteiger partial charge in [0.2, 0.25) is 5.91 Å². The molecule has 0 unspecified atom stereocenters. The number of carbonyl (C=O) groups excluding carboxylic acids is 1. The smallest absolute Gasteiger partial charge is 0.222 e. The van der Waals surface area contributed by atoms with Crippen molar-refractivity contribution in [2.24, 2.45) is 5.92 Å². The highest BCUT2D eigenvalue weighted by molar-refractivity contribution is 6.31. The van der Waals surface area contributed by atoms with Crippen LogP contribution in [-0.2, 0) is 11.2 Å². The van der Waals surface area contributed by atoms with Gasteiger partial charge in [-0.1, -0.05) is 44.9 Å². The summed E-state index contributed by atoms with van der Waals surface area (Å²) in [5, 5.41) is 9.00. The molecule has 3 rings (SSSR count). The highest BCUT2D eigenvalue weighted by Crippen LogP contribution is 2.17. The molecule has 1 amide bonds. The molecule has 1 aliphatic heterocycles. The summed E-state index contributed by atoms with van der Waals surface area (Å²) in [6, 6.07) is 10.8. The lowest BCUT2D eigenvalue weighted by atomic mass is 10.1. The van der Waals surface area contributed by atoms with Crippen molar-refractivity contribution >= 4 is 17.5 Å². The molecular formula is C26H33ClF2N2O. The van der Waals surface area contributed by atoms with Crippen molar-refractivity contribution in [1.29, 1.82) is 5.26 Å². The SMILES string of the molecule is CCCCC(=O)N1CC[C@H](C)C1.CCc1cc(F)ccc1F.Cc1ccc(C#N)c(Cl)c1. The summed E-state index contributed by atoms with van der Waals surface area (Å²) in [4.78, 5) is 13.5. The van der Waals surface area contributed by atoms with Crippen LogP contribution in [-0.4, -0.2) is 23.9 Å². The van der Waals surface area contributed by atoms with Gasteiger partial charge in [-0.25, -0.2) is 8.78 Å². The quantitative estimate of drug-likeness (QED) is 0.486. The zero-order valence-electron chi connectivity index (χ0n) is 19.4. The number of hydrogen-bond acceptors (Lipinski definition) is 2. The van der Waals surface area contributed by atoms with Crippen molar-refractivity contribution in [2.75, 3.05) is 13.1 Å². The van der Waals surface area contributed by atoms with Gasteiger partial charge in [0.1, 0.15) is 17.7 Å². The molecule has 1 fully saturated rings. The van der Waals surface area contributed by atoms with Crippen LogP contribution in [0.3, 0.4) is 0 Å². The van der Waals surface area contributed by atoms with E-state index in [1.54, 1.807) is 19.1 Å². The molecule has 32 heavy (non-hydrogen) atoms. The maximum Gasteiger partial charge on any atom is 0.222 e. The molecule has 0 saturated carbocycles. The van der Waals surface area contributed by atoms with E-state index < -0.39 is 0 Å². The van der Waals surface area contributed by atoms with Crippen molar-refractivity contribution in [3.63, 3.8) is 0 Å². The van der Waals surface area contributed by atoms with Crippen LogP contribution in [0.15, 0.2) is 36.4 Å². The van der Waals surface area contributed by atoms with Crippen molar-refractivity contribution in [1.82, 2.24) is 4.90 Å². The standard InChI is InChI=1S/C10H19NO.C8H6ClN.C8H8F2/c1-3-4-5-10(12)11-7-6-9(2)8-11;1-6-2-3-7(5-10)8(9)4-6;1-2-6-5-7(9)3-4-8(6)10/h9H,3-8H2,1-2H3;2-4H,1H3;3-5H,2H2,1H3/t9-;;/m0../s1. The Bertz CT molecular complexity index is 902. The number of nitrogens with zero attached hydrogens (tertiary/aromatic N) is 2. The largest absolute Gasteiger partial charge is 0.342 e. The minimum absolute atomic E-state index is 0.330. The van der Waals surface area contributed by atoms with E-state index in [1.165, 1.54) is 12.5 Å². The fourth-order valence-corrected chi connectivity index (χ4v) is 3.45. The number of nitriles is 1. The number of rotatable bonds is 4. The van der Waals surface area contributed by atoms with Crippen LogP contribution in [0.4, 0.5) is 8.78 Å². The van der Waals surface area contributed by atoms with Gasteiger partial charge in [-0.15, -0.1) is 0 Å². The third-order valence-corrected chi connectivity index (χ3v) is 5.47. The van der Waals surface area contributed by atoms with E-state index in [9.17, 15) is 13.6 Å². The van der Waals surface area contributed by atoms with Gasteiger partial charge in [-0.3, -0.25) is 4.79 Å². The molecule has 0 spiro atoms. The Morgan fingerprint density at radius 1 is 1.22 bits per heavy atom. The van der Waals surface area contributed by atoms with Crippen LogP contribution in [0.25, 0.3) is 0 Å². The predicted octanol–water partition coefficient (Wildman–Crippen LogP) is 7.09. The van der Waals surface area contributed by atoms with E-state index in [-0.39, 0.29) is 11.6 Å². The number of amides is 1. The Balaban J connectivity index is 0.000000241. The van der Waals surface area contributed by atoms with Crippen molar-refractivity contribution in [3.05, 3.63) is 69.7 Å². The van der Waals surface area contributed by atoms with Gasteiger partial charge in [0.25, 0.3) is 0 Å². The molecule has 1 atom stereocenters. The van der Waals surface area contributed by atoms with Gasteiger partial charge in [0.05, 0.1) is 10.6 Å². The van der Waals surface area contributed by atoms with E-state index >= 15 is 0 Å². The van der Waals surface area contributed by atoms with Gasteiger partial charge in [-0.2, -0.15) is 5.26 Å². The number of unbranched alkanes of at least 4 members (excludes halogenated alkanes) is 1. The molecule has 2 aromatic rings. The third-order valence-electron chi connectivity index (χ3n) is 5.15. The summed E-state index contributed by atoms with van der Waals surface area (Å²) in [5.74, 6) is 0.374. The zero-order valence-corrected chi connectivity index (χ0v) is 20.2. The summed E-state index contributed by atoms with van der Waals surface area (Å²) in [7, 11) is 0. The van der Waals surface area contributed by atoms with Crippen LogP contribution in [0.2, 0.25) is 5.02 Å². The van der Waals surface area contributed by atoms with Crippen LogP contribution in [0.1, 0.15) is 63.1 Å². The molecule has 2 aromatic carbocycles. The summed E-state index contributed by atoms with van der Waals surface area (Å²) in [6.45, 7) is 10.0. The second kappa shape index (κ2) is 14.6. The van der Waals surface area contributed by atoms with Crippen molar-refractivity contribution in [3.8, 4) is 6.07 Å². The van der Waals surface area contributed by atoms with E-state index in [2.05, 4.69) is 13.8 Å². The number of likely N-dealkylation sites (tertiary alicyclic amines) is 1. The first kappa shape index (κ1) is 27.6. The van der Waals surface area contributed by atoms with Gasteiger partial charge in [0, 0.05) is 19.5 Å². The zero-order chi connectivity index (χ0) is 24.1. The molecule has 0 aromatic heterocycles. The summed E-state index contributed by atoms with van der Waals surface area (Å²) in [6.07, 6.45) is 4.64. The maximum atomic E-state index is 12.6. The number of hydrogen-bond donors (Lipinski definition) is 0. The Morgan fingerprint density at radius 2 is 1.94 bits per heavy atom. The fraction of sp³-hybridized carbons (Fsp3) is 0.462. The fourth-order valence-electron chi connectivity index (χ4n) is 3.17. The number of benzene rings is 2. The van der Waals surface area contributed by atoms with Crippen LogP contribution in [0, 0.1) is 35.8 Å². The molecule has 0 N–H and O–H groups in total. The first-order valence-corrected chi connectivity index (χ1v) is 11.5.